The molecule has 14 heavy (non-hydrogen) atoms. The summed E-state index contributed by atoms with van der Waals surface area (Å²) in [5.41, 5.74) is 0. The van der Waals surface area contributed by atoms with E-state index in [-0.39, 0.29) is 13.2 Å². The Morgan fingerprint density at radius 2 is 1.00 bits per heavy atom. The fraction of sp³-hybridized carbons (Fsp3) is 1.00. The molecule has 0 spiro atoms. The molecule has 0 aliphatic carbocycles. The number of hydrogen-bond acceptors (Lipinski definition) is 6. The van der Waals surface area contributed by atoms with Gasteiger partial charge in [0.2, 0.25) is 0 Å². The van der Waals surface area contributed by atoms with E-state index in [9.17, 15) is 18.6 Å². The second kappa shape index (κ2) is 9.88. The average molecular weight is 251 g/mol. The first-order chi connectivity index (χ1) is 6.63. The van der Waals surface area contributed by atoms with Gasteiger partial charge in [0, 0.05) is 8.58 Å². The molecule has 0 unspecified atom stereocenters. The van der Waals surface area contributed by atoms with Gasteiger partial charge in [-0.1, -0.05) is 12.8 Å². The third-order valence-electron chi connectivity index (χ3n) is 1.37. The van der Waals surface area contributed by atoms with Crippen LogP contribution >= 0.6 is 0 Å². The lowest BCUT2D eigenvalue weighted by atomic mass is 10.2. The highest BCUT2D eigenvalue weighted by molar-refractivity contribution is 4.40. The molecule has 86 valence electrons. The molecule has 0 heterocycles. The summed E-state index contributed by atoms with van der Waals surface area (Å²) in [5.74, 6) is 0. The molecule has 8 heteroatoms. The lowest BCUT2D eigenvalue weighted by molar-refractivity contribution is -1.63. The maximum atomic E-state index is 9.86. The highest BCUT2D eigenvalue weighted by Gasteiger charge is 2.07. The van der Waals surface area contributed by atoms with Gasteiger partial charge in [-0.3, -0.25) is 0 Å². The van der Waals surface area contributed by atoms with E-state index in [0.717, 1.165) is 12.8 Å². The van der Waals surface area contributed by atoms with Gasteiger partial charge in [0.25, 0.3) is 21.6 Å². The summed E-state index contributed by atoms with van der Waals surface area (Å²) in [5, 5.41) is 0. The first-order valence-corrected chi connectivity index (χ1v) is 5.85. The summed E-state index contributed by atoms with van der Waals surface area (Å²) in [6.45, 7) is 0.305. The van der Waals surface area contributed by atoms with Crippen LogP contribution < -0.4 is 18.6 Å². The van der Waals surface area contributed by atoms with Gasteiger partial charge in [-0.15, -0.1) is 0 Å². The molecule has 0 radical (unpaired) electrons. The van der Waals surface area contributed by atoms with Gasteiger partial charge in [-0.2, -0.15) is 0 Å². The molecule has 0 atom stereocenters. The molecule has 0 aromatic carbocycles. The van der Waals surface area contributed by atoms with E-state index in [1.54, 1.807) is 0 Å². The van der Waals surface area contributed by atoms with Crippen molar-refractivity contribution < 1.29 is 48.8 Å². The Hall–Kier alpha value is 0.340. The minimum Gasteiger partial charge on any atom is -0.320 e. The van der Waals surface area contributed by atoms with Crippen molar-refractivity contribution in [3.63, 3.8) is 0 Å². The Labute approximate surface area is 88.2 Å². The first-order valence-electron chi connectivity index (χ1n) is 4.00. The third-order valence-corrected chi connectivity index (χ3v) is 2.04. The van der Waals surface area contributed by atoms with E-state index in [0.29, 0.717) is 12.8 Å². The average Bonchev–Trinajstić information content (AvgIpc) is 2.08. The lowest BCUT2D eigenvalue weighted by Gasteiger charge is -1.97. The van der Waals surface area contributed by atoms with Crippen LogP contribution in [0.1, 0.15) is 25.7 Å². The molecule has 0 bridgehead atoms. The second-order valence-electron chi connectivity index (χ2n) is 2.42. The zero-order chi connectivity index (χ0) is 10.8. The van der Waals surface area contributed by atoms with Crippen LogP contribution in [0.4, 0.5) is 0 Å². The smallest absolute Gasteiger partial charge is 0.285 e. The van der Waals surface area contributed by atoms with Crippen LogP contribution in [0, 0.1) is 21.6 Å². The summed E-state index contributed by atoms with van der Waals surface area (Å²) in [7, 11) is -4.26. The van der Waals surface area contributed by atoms with Crippen molar-refractivity contribution in [2.45, 2.75) is 25.7 Å². The van der Waals surface area contributed by atoms with Crippen LogP contribution in [0.15, 0.2) is 0 Å². The van der Waals surface area contributed by atoms with E-state index in [4.69, 9.17) is 0 Å². The Kier molecular flexibility index (Phi) is 10.1. The van der Waals surface area contributed by atoms with Crippen molar-refractivity contribution in [3.05, 3.63) is 0 Å². The summed E-state index contributed by atoms with van der Waals surface area (Å²) >= 11 is 0. The molecule has 0 aromatic heterocycles. The van der Waals surface area contributed by atoms with Gasteiger partial charge in [-0.05, 0) is 12.8 Å². The van der Waals surface area contributed by atoms with E-state index in [1.165, 1.54) is 0 Å². The standard InChI is InChI=1S/C6H12Cl2O6/c9-7(10)13-5-3-1-2-4-6-14-8(11)12/h1-6H2. The second-order valence-corrected chi connectivity index (χ2v) is 3.61. The number of rotatable bonds is 9. The summed E-state index contributed by atoms with van der Waals surface area (Å²) in [6, 6.07) is 0. The molecule has 0 rings (SSSR count). The predicted octanol–water partition coefficient (Wildman–Crippen LogP) is -3.25. The summed E-state index contributed by atoms with van der Waals surface area (Å²) < 4.78 is 47.9. The van der Waals surface area contributed by atoms with E-state index in [1.807, 2.05) is 0 Å². The quantitative estimate of drug-likeness (QED) is 0.398. The fourth-order valence-electron chi connectivity index (χ4n) is 0.793. The van der Waals surface area contributed by atoms with Crippen LogP contribution in [0.2, 0.25) is 0 Å². The van der Waals surface area contributed by atoms with E-state index in [2.05, 4.69) is 8.58 Å². The molecule has 0 fully saturated rings. The minimum absolute atomic E-state index is 0.152. The summed E-state index contributed by atoms with van der Waals surface area (Å²) in [4.78, 5) is 0. The van der Waals surface area contributed by atoms with Crippen LogP contribution in [-0.2, 0) is 8.58 Å². The molecule has 0 saturated carbocycles. The fourth-order valence-corrected chi connectivity index (χ4v) is 1.26. The Morgan fingerprint density at radius 3 is 1.29 bits per heavy atom. The zero-order valence-corrected chi connectivity index (χ0v) is 8.96. The topological polar surface area (TPSA) is 111 Å². The van der Waals surface area contributed by atoms with Crippen LogP contribution in [0.5, 0.6) is 0 Å². The minimum atomic E-state index is -2.13. The maximum Gasteiger partial charge on any atom is 0.285 e. The third kappa shape index (κ3) is 12.3. The largest absolute Gasteiger partial charge is 0.320 e. The highest BCUT2D eigenvalue weighted by atomic mass is 35.6. The Bertz CT molecular complexity index is 109. The Morgan fingerprint density at radius 1 is 0.643 bits per heavy atom. The molecular formula is C6H12Cl2O6. The number of hydrogen-bond donors (Lipinski definition) is 0. The van der Waals surface area contributed by atoms with Crippen molar-refractivity contribution in [1.29, 1.82) is 0 Å². The molecular weight excluding hydrogens is 239 g/mol. The molecule has 0 aliphatic rings. The van der Waals surface area contributed by atoms with Gasteiger partial charge in [0.05, 0.1) is 0 Å². The molecule has 0 aromatic rings. The molecule has 6 nitrogen and oxygen atoms in total. The molecule has 0 saturated heterocycles. The number of unbranched alkanes of at least 4 members (excludes halogenated alkanes) is 3. The monoisotopic (exact) mass is 250 g/mol. The predicted molar refractivity (Wildman–Crippen MR) is 30.4 cm³/mol. The van der Waals surface area contributed by atoms with Crippen LogP contribution in [-0.4, -0.2) is 13.2 Å². The van der Waals surface area contributed by atoms with Gasteiger partial charge < -0.3 is 18.6 Å². The van der Waals surface area contributed by atoms with E-state index < -0.39 is 21.6 Å². The van der Waals surface area contributed by atoms with Gasteiger partial charge in [-0.25, -0.2) is 0 Å². The molecule has 0 aliphatic heterocycles. The highest BCUT2D eigenvalue weighted by Crippen LogP contribution is 2.01. The zero-order valence-electron chi connectivity index (χ0n) is 7.45. The first kappa shape index (κ1) is 14.3. The van der Waals surface area contributed by atoms with E-state index >= 15 is 0 Å². The lowest BCUT2D eigenvalue weighted by Crippen LogP contribution is -2.34. The van der Waals surface area contributed by atoms with Gasteiger partial charge in [0.15, 0.2) is 13.2 Å². The Balaban J connectivity index is 2.92. The van der Waals surface area contributed by atoms with Crippen molar-refractivity contribution in [1.82, 2.24) is 0 Å². The normalized spacial score (nSPS) is 11.6. The molecule has 0 amide bonds. The summed E-state index contributed by atoms with van der Waals surface area (Å²) in [6.07, 6.45) is 2.79. The van der Waals surface area contributed by atoms with Crippen molar-refractivity contribution in [3.8, 4) is 0 Å². The molecule has 0 N–H and O–H groups in total. The van der Waals surface area contributed by atoms with Crippen molar-refractivity contribution in [2.24, 2.45) is 0 Å². The van der Waals surface area contributed by atoms with Gasteiger partial charge in [0.1, 0.15) is 0 Å². The maximum absolute atomic E-state index is 9.86. The van der Waals surface area contributed by atoms with Crippen molar-refractivity contribution in [2.75, 3.05) is 13.2 Å². The van der Waals surface area contributed by atoms with Gasteiger partial charge >= 0.3 is 0 Å². The number of halogens is 2. The van der Waals surface area contributed by atoms with Crippen LogP contribution in [0.3, 0.4) is 0 Å². The SMILES string of the molecule is [O-][Cl+2]([O-])OCCCCCCO[Cl+2]([O-])[O-]. The van der Waals surface area contributed by atoms with Crippen molar-refractivity contribution >= 4 is 0 Å². The van der Waals surface area contributed by atoms with Crippen LogP contribution in [0.25, 0.3) is 0 Å².